The number of rotatable bonds is 3. The largest absolute Gasteiger partial charge is 0.481 e. The van der Waals surface area contributed by atoms with Crippen LogP contribution in [-0.2, 0) is 4.79 Å². The van der Waals surface area contributed by atoms with E-state index in [1.165, 1.54) is 11.3 Å². The van der Waals surface area contributed by atoms with Crippen LogP contribution in [0, 0.1) is 0 Å². The molecule has 2 nitrogen and oxygen atoms in total. The highest BCUT2D eigenvalue weighted by Gasteiger charge is 2.18. The van der Waals surface area contributed by atoms with E-state index in [2.05, 4.69) is 15.9 Å². The molecule has 0 saturated heterocycles. The van der Waals surface area contributed by atoms with E-state index < -0.39 is 5.97 Å². The van der Waals surface area contributed by atoms with Crippen molar-refractivity contribution in [2.75, 3.05) is 0 Å². The molecule has 1 heterocycles. The highest BCUT2D eigenvalue weighted by molar-refractivity contribution is 9.11. The maximum absolute atomic E-state index is 10.7. The van der Waals surface area contributed by atoms with Crippen molar-refractivity contribution in [3.8, 4) is 0 Å². The van der Waals surface area contributed by atoms with Crippen molar-refractivity contribution in [1.82, 2.24) is 0 Å². The monoisotopic (exact) mass is 248 g/mol. The van der Waals surface area contributed by atoms with Crippen LogP contribution in [0.2, 0.25) is 0 Å². The van der Waals surface area contributed by atoms with Gasteiger partial charge in [-0.15, -0.1) is 11.3 Å². The number of aliphatic carboxylic acids is 1. The Morgan fingerprint density at radius 1 is 1.75 bits per heavy atom. The third-order valence-electron chi connectivity index (χ3n) is 1.64. The van der Waals surface area contributed by atoms with Gasteiger partial charge in [0, 0.05) is 4.88 Å². The van der Waals surface area contributed by atoms with E-state index in [1.54, 1.807) is 0 Å². The molecule has 12 heavy (non-hydrogen) atoms. The van der Waals surface area contributed by atoms with E-state index in [9.17, 15) is 4.79 Å². The molecule has 0 fully saturated rings. The Hall–Kier alpha value is -0.350. The molecule has 0 amide bonds. The van der Waals surface area contributed by atoms with Gasteiger partial charge in [0.1, 0.15) is 0 Å². The Morgan fingerprint density at radius 2 is 2.42 bits per heavy atom. The highest BCUT2D eigenvalue weighted by atomic mass is 79.9. The summed E-state index contributed by atoms with van der Waals surface area (Å²) in [6.45, 7) is 1.88. The van der Waals surface area contributed by atoms with Crippen LogP contribution in [0.25, 0.3) is 0 Å². The molecule has 0 bridgehead atoms. The van der Waals surface area contributed by atoms with Gasteiger partial charge in [-0.2, -0.15) is 0 Å². The number of thiophene rings is 1. The van der Waals surface area contributed by atoms with E-state index in [1.807, 2.05) is 19.1 Å². The summed E-state index contributed by atoms with van der Waals surface area (Å²) in [7, 11) is 0. The Kier molecular flexibility index (Phi) is 3.29. The van der Waals surface area contributed by atoms with Gasteiger partial charge >= 0.3 is 5.97 Å². The summed E-state index contributed by atoms with van der Waals surface area (Å²) in [5.74, 6) is -1.09. The number of carbonyl (C=O) groups is 1. The average molecular weight is 249 g/mol. The van der Waals surface area contributed by atoms with E-state index in [-0.39, 0.29) is 5.92 Å². The minimum Gasteiger partial charge on any atom is -0.481 e. The lowest BCUT2D eigenvalue weighted by molar-refractivity contribution is -0.138. The Balaban J connectivity index is 2.87. The molecule has 0 saturated carbocycles. The molecule has 1 aromatic heterocycles. The molecule has 1 N–H and O–H groups in total. The summed E-state index contributed by atoms with van der Waals surface area (Å²) >= 11 is 4.79. The van der Waals surface area contributed by atoms with E-state index in [0.29, 0.717) is 6.42 Å². The molecular weight excluding hydrogens is 240 g/mol. The highest BCUT2D eigenvalue weighted by Crippen LogP contribution is 2.30. The Bertz CT molecular complexity index is 282. The molecule has 1 rings (SSSR count). The van der Waals surface area contributed by atoms with Crippen molar-refractivity contribution < 1.29 is 9.90 Å². The minimum absolute atomic E-state index is 0.346. The second-order valence-corrected chi connectivity index (χ2v) is 4.94. The molecular formula is C8H9BrO2S. The summed E-state index contributed by atoms with van der Waals surface area (Å²) in [5.41, 5.74) is 0. The van der Waals surface area contributed by atoms with E-state index in [0.717, 1.165) is 8.66 Å². The first-order chi connectivity index (χ1) is 5.65. The summed E-state index contributed by atoms with van der Waals surface area (Å²) in [6, 6.07) is 3.74. The first-order valence-electron chi connectivity index (χ1n) is 3.63. The van der Waals surface area contributed by atoms with Crippen molar-refractivity contribution in [2.24, 2.45) is 0 Å². The predicted octanol–water partition coefficient (Wildman–Crippen LogP) is 3.09. The zero-order chi connectivity index (χ0) is 9.14. The maximum atomic E-state index is 10.7. The van der Waals surface area contributed by atoms with E-state index >= 15 is 0 Å². The van der Waals surface area contributed by atoms with Crippen LogP contribution < -0.4 is 0 Å². The molecule has 66 valence electrons. The van der Waals surface area contributed by atoms with Gasteiger partial charge in [-0.3, -0.25) is 4.79 Å². The van der Waals surface area contributed by atoms with Gasteiger partial charge < -0.3 is 5.11 Å². The molecule has 0 radical (unpaired) electrons. The fraction of sp³-hybridized carbons (Fsp3) is 0.375. The maximum Gasteiger partial charge on any atom is 0.311 e. The summed E-state index contributed by atoms with van der Waals surface area (Å²) < 4.78 is 0.984. The number of hydrogen-bond acceptors (Lipinski definition) is 2. The van der Waals surface area contributed by atoms with Crippen molar-refractivity contribution >= 4 is 33.2 Å². The molecule has 0 spiro atoms. The van der Waals surface area contributed by atoms with Crippen LogP contribution in [0.3, 0.4) is 0 Å². The van der Waals surface area contributed by atoms with Gasteiger partial charge in [0.2, 0.25) is 0 Å². The van der Waals surface area contributed by atoms with Gasteiger partial charge in [-0.05, 0) is 34.5 Å². The quantitative estimate of drug-likeness (QED) is 0.893. The summed E-state index contributed by atoms with van der Waals surface area (Å²) in [5, 5.41) is 8.83. The van der Waals surface area contributed by atoms with Gasteiger partial charge in [-0.25, -0.2) is 0 Å². The van der Waals surface area contributed by atoms with Crippen molar-refractivity contribution in [3.63, 3.8) is 0 Å². The fourth-order valence-electron chi connectivity index (χ4n) is 1.01. The topological polar surface area (TPSA) is 37.3 Å². The lowest BCUT2D eigenvalue weighted by Crippen LogP contribution is -2.08. The molecule has 1 aromatic rings. The van der Waals surface area contributed by atoms with Crippen molar-refractivity contribution in [1.29, 1.82) is 0 Å². The number of carboxylic acid groups (broad SMARTS) is 1. The zero-order valence-electron chi connectivity index (χ0n) is 6.58. The minimum atomic E-state index is -0.744. The van der Waals surface area contributed by atoms with E-state index in [4.69, 9.17) is 5.11 Å². The van der Waals surface area contributed by atoms with Gasteiger partial charge in [-0.1, -0.05) is 6.92 Å². The number of halogens is 1. The fourth-order valence-corrected chi connectivity index (χ4v) is 2.61. The molecule has 1 atom stereocenters. The second-order valence-electron chi connectivity index (χ2n) is 2.44. The predicted molar refractivity (Wildman–Crippen MR) is 52.7 cm³/mol. The summed E-state index contributed by atoms with van der Waals surface area (Å²) in [6.07, 6.45) is 0.641. The first kappa shape index (κ1) is 9.74. The van der Waals surface area contributed by atoms with Gasteiger partial charge in [0.05, 0.1) is 9.70 Å². The molecule has 0 aliphatic heterocycles. The first-order valence-corrected chi connectivity index (χ1v) is 5.24. The lowest BCUT2D eigenvalue weighted by atomic mass is 10.1. The van der Waals surface area contributed by atoms with Crippen LogP contribution in [0.15, 0.2) is 15.9 Å². The summed E-state index contributed by atoms with van der Waals surface area (Å²) in [4.78, 5) is 11.6. The van der Waals surface area contributed by atoms with Crippen LogP contribution in [0.5, 0.6) is 0 Å². The lowest BCUT2D eigenvalue weighted by Gasteiger charge is -2.05. The molecule has 0 aliphatic carbocycles. The van der Waals surface area contributed by atoms with Crippen LogP contribution >= 0.6 is 27.3 Å². The third-order valence-corrected chi connectivity index (χ3v) is 3.38. The van der Waals surface area contributed by atoms with Crippen LogP contribution in [0.4, 0.5) is 0 Å². The normalized spacial score (nSPS) is 12.8. The Labute approximate surface area is 83.4 Å². The van der Waals surface area contributed by atoms with Crippen molar-refractivity contribution in [2.45, 2.75) is 19.3 Å². The van der Waals surface area contributed by atoms with Crippen molar-refractivity contribution in [3.05, 3.63) is 20.8 Å². The Morgan fingerprint density at radius 3 is 2.75 bits per heavy atom. The smallest absolute Gasteiger partial charge is 0.311 e. The third kappa shape index (κ3) is 2.08. The van der Waals surface area contributed by atoms with Gasteiger partial charge in [0.25, 0.3) is 0 Å². The number of hydrogen-bond donors (Lipinski definition) is 1. The van der Waals surface area contributed by atoms with Gasteiger partial charge in [0.15, 0.2) is 0 Å². The van der Waals surface area contributed by atoms with Crippen LogP contribution in [-0.4, -0.2) is 11.1 Å². The number of carboxylic acids is 1. The average Bonchev–Trinajstić information content (AvgIpc) is 2.37. The molecule has 0 aliphatic rings. The second kappa shape index (κ2) is 4.05. The van der Waals surface area contributed by atoms with Crippen LogP contribution in [0.1, 0.15) is 24.1 Å². The molecule has 1 unspecified atom stereocenters. The standard InChI is InChI=1S/C8H9BrO2S/c1-2-5(8(10)11)6-3-4-7(9)12-6/h3-5H,2H2,1H3,(H,10,11). The molecule has 0 aromatic carbocycles. The molecule has 4 heteroatoms. The SMILES string of the molecule is CCC(C(=O)O)c1ccc(Br)s1. The zero-order valence-corrected chi connectivity index (χ0v) is 8.98.